The van der Waals surface area contributed by atoms with Gasteiger partial charge in [0.05, 0.1) is 13.2 Å². The molecule has 0 aliphatic heterocycles. The van der Waals surface area contributed by atoms with Crippen molar-refractivity contribution in [3.63, 3.8) is 0 Å². The Morgan fingerprint density at radius 2 is 1.23 bits per heavy atom. The van der Waals surface area contributed by atoms with Crippen LogP contribution in [-0.2, 0) is 6.61 Å². The molecule has 0 heterocycles. The average Bonchev–Trinajstić information content (AvgIpc) is 2.97. The minimum Gasteiger partial charge on any atom is -0.494 e. The van der Waals surface area contributed by atoms with Crippen LogP contribution in [0.4, 0.5) is 13.2 Å². The lowest BCUT2D eigenvalue weighted by Crippen LogP contribution is -2.02. The first-order valence-corrected chi connectivity index (χ1v) is 13.5. The van der Waals surface area contributed by atoms with Gasteiger partial charge in [0, 0.05) is 22.8 Å². The molecule has 0 radical (unpaired) electrons. The van der Waals surface area contributed by atoms with Crippen molar-refractivity contribution >= 4 is 0 Å². The lowest BCUT2D eigenvalue weighted by atomic mass is 10.0. The SMILES string of the molecule is C=CCCCOc1ccc(-c2ccc(OCc3ccc(-c4ccc(OCCCC)cc4)c(F)c3F)cc2)c(F)c1. The highest BCUT2D eigenvalue weighted by Gasteiger charge is 2.16. The Morgan fingerprint density at radius 3 is 1.88 bits per heavy atom. The van der Waals surface area contributed by atoms with E-state index in [4.69, 9.17) is 14.2 Å². The van der Waals surface area contributed by atoms with Crippen LogP contribution in [-0.4, -0.2) is 13.2 Å². The third-order valence-corrected chi connectivity index (χ3v) is 6.42. The van der Waals surface area contributed by atoms with Crippen LogP contribution in [0.1, 0.15) is 38.2 Å². The molecule has 0 atom stereocenters. The lowest BCUT2D eigenvalue weighted by Gasteiger charge is -2.12. The van der Waals surface area contributed by atoms with Crippen molar-refractivity contribution in [1.29, 1.82) is 0 Å². The molecule has 40 heavy (non-hydrogen) atoms. The minimum absolute atomic E-state index is 0.0968. The summed E-state index contributed by atoms with van der Waals surface area (Å²) in [7, 11) is 0. The van der Waals surface area contributed by atoms with Crippen molar-refractivity contribution in [3.8, 4) is 39.5 Å². The van der Waals surface area contributed by atoms with Gasteiger partial charge in [-0.1, -0.05) is 55.8 Å². The zero-order valence-electron chi connectivity index (χ0n) is 22.6. The Morgan fingerprint density at radius 1 is 0.650 bits per heavy atom. The van der Waals surface area contributed by atoms with Gasteiger partial charge < -0.3 is 14.2 Å². The summed E-state index contributed by atoms with van der Waals surface area (Å²) in [6.07, 6.45) is 5.46. The Labute approximate surface area is 233 Å². The fraction of sp³-hybridized carbons (Fsp3) is 0.235. The maximum atomic E-state index is 14.9. The average molecular weight is 547 g/mol. The van der Waals surface area contributed by atoms with Crippen molar-refractivity contribution in [2.45, 2.75) is 39.2 Å². The van der Waals surface area contributed by atoms with Crippen LogP contribution in [0.2, 0.25) is 0 Å². The summed E-state index contributed by atoms with van der Waals surface area (Å²) in [5, 5.41) is 0. The number of benzene rings is 4. The molecule has 0 aliphatic carbocycles. The smallest absolute Gasteiger partial charge is 0.167 e. The van der Waals surface area contributed by atoms with Crippen LogP contribution in [0.15, 0.2) is 91.5 Å². The number of ether oxygens (including phenoxy) is 3. The zero-order valence-corrected chi connectivity index (χ0v) is 22.6. The highest BCUT2D eigenvalue weighted by atomic mass is 19.2. The summed E-state index contributed by atoms with van der Waals surface area (Å²) in [6, 6.07) is 21.5. The number of allylic oxidation sites excluding steroid dienone is 1. The van der Waals surface area contributed by atoms with Gasteiger partial charge in [0.25, 0.3) is 0 Å². The van der Waals surface area contributed by atoms with Gasteiger partial charge in [-0.2, -0.15) is 0 Å². The molecule has 3 nitrogen and oxygen atoms in total. The first-order chi connectivity index (χ1) is 19.5. The fourth-order valence-corrected chi connectivity index (χ4v) is 4.12. The van der Waals surface area contributed by atoms with Gasteiger partial charge in [-0.25, -0.2) is 13.2 Å². The number of hydrogen-bond acceptors (Lipinski definition) is 3. The quantitative estimate of drug-likeness (QED) is 0.116. The highest BCUT2D eigenvalue weighted by molar-refractivity contribution is 5.66. The number of rotatable bonds is 14. The van der Waals surface area contributed by atoms with E-state index in [-0.39, 0.29) is 17.7 Å². The molecule has 4 aromatic rings. The van der Waals surface area contributed by atoms with Crippen molar-refractivity contribution in [1.82, 2.24) is 0 Å². The summed E-state index contributed by atoms with van der Waals surface area (Å²) in [5.74, 6) is -0.664. The molecule has 208 valence electrons. The van der Waals surface area contributed by atoms with Gasteiger partial charge in [-0.3, -0.25) is 0 Å². The van der Waals surface area contributed by atoms with E-state index in [0.717, 1.165) is 25.7 Å². The third kappa shape index (κ3) is 7.47. The topological polar surface area (TPSA) is 27.7 Å². The van der Waals surface area contributed by atoms with Crippen LogP contribution < -0.4 is 14.2 Å². The fourth-order valence-electron chi connectivity index (χ4n) is 4.12. The molecule has 0 aliphatic rings. The minimum atomic E-state index is -0.953. The molecule has 0 amide bonds. The second-order valence-electron chi connectivity index (χ2n) is 9.36. The monoisotopic (exact) mass is 546 g/mol. The Kier molecular flexibility index (Phi) is 10.3. The Hall–Kier alpha value is -4.19. The molecule has 0 saturated carbocycles. The van der Waals surface area contributed by atoms with Crippen LogP contribution in [0, 0.1) is 17.5 Å². The van der Waals surface area contributed by atoms with Crippen molar-refractivity contribution in [2.75, 3.05) is 13.2 Å². The van der Waals surface area contributed by atoms with Crippen molar-refractivity contribution in [2.24, 2.45) is 0 Å². The Bertz CT molecular complexity index is 1400. The maximum Gasteiger partial charge on any atom is 0.167 e. The zero-order chi connectivity index (χ0) is 28.3. The number of halogens is 3. The van der Waals surface area contributed by atoms with Gasteiger partial charge in [-0.15, -0.1) is 6.58 Å². The number of hydrogen-bond donors (Lipinski definition) is 0. The second kappa shape index (κ2) is 14.3. The van der Waals surface area contributed by atoms with Crippen LogP contribution >= 0.6 is 0 Å². The molecule has 0 saturated heterocycles. The van der Waals surface area contributed by atoms with Crippen molar-refractivity contribution in [3.05, 3.63) is 115 Å². The summed E-state index contributed by atoms with van der Waals surface area (Å²) in [4.78, 5) is 0. The second-order valence-corrected chi connectivity index (χ2v) is 9.36. The normalized spacial score (nSPS) is 10.8. The van der Waals surface area contributed by atoms with E-state index in [1.165, 1.54) is 12.1 Å². The molecule has 0 aromatic heterocycles. The molecule has 4 aromatic carbocycles. The van der Waals surface area contributed by atoms with E-state index in [1.807, 2.05) is 6.08 Å². The van der Waals surface area contributed by atoms with E-state index in [2.05, 4.69) is 13.5 Å². The van der Waals surface area contributed by atoms with Gasteiger partial charge >= 0.3 is 0 Å². The van der Waals surface area contributed by atoms with Crippen LogP contribution in [0.25, 0.3) is 22.3 Å². The molecule has 0 spiro atoms. The van der Waals surface area contributed by atoms with E-state index in [0.29, 0.717) is 47.2 Å². The van der Waals surface area contributed by atoms with Crippen LogP contribution in [0.3, 0.4) is 0 Å². The van der Waals surface area contributed by atoms with E-state index < -0.39 is 17.5 Å². The van der Waals surface area contributed by atoms with Gasteiger partial charge in [0.1, 0.15) is 29.7 Å². The first kappa shape index (κ1) is 28.8. The third-order valence-electron chi connectivity index (χ3n) is 6.42. The largest absolute Gasteiger partial charge is 0.494 e. The molecule has 6 heteroatoms. The van der Waals surface area contributed by atoms with Gasteiger partial charge in [0.15, 0.2) is 11.6 Å². The molecule has 0 N–H and O–H groups in total. The van der Waals surface area contributed by atoms with Gasteiger partial charge in [0.2, 0.25) is 0 Å². The maximum absolute atomic E-state index is 14.9. The Balaban J connectivity index is 1.37. The predicted octanol–water partition coefficient (Wildman–Crippen LogP) is 9.54. The molecular weight excluding hydrogens is 513 g/mol. The molecule has 0 fully saturated rings. The molecule has 4 rings (SSSR count). The highest BCUT2D eigenvalue weighted by Crippen LogP contribution is 2.30. The first-order valence-electron chi connectivity index (χ1n) is 13.5. The number of unbranched alkanes of at least 4 members (excludes halogenated alkanes) is 2. The van der Waals surface area contributed by atoms with Crippen LogP contribution in [0.5, 0.6) is 17.2 Å². The summed E-state index contributed by atoms with van der Waals surface area (Å²) in [5.41, 5.74) is 1.91. The van der Waals surface area contributed by atoms with E-state index in [1.54, 1.807) is 66.7 Å². The molecule has 0 unspecified atom stereocenters. The van der Waals surface area contributed by atoms with Crippen molar-refractivity contribution < 1.29 is 27.4 Å². The summed E-state index contributed by atoms with van der Waals surface area (Å²) in [6.45, 7) is 6.71. The molecule has 0 bridgehead atoms. The lowest BCUT2D eigenvalue weighted by molar-refractivity contribution is 0.297. The summed E-state index contributed by atoms with van der Waals surface area (Å²) >= 11 is 0. The predicted molar refractivity (Wildman–Crippen MR) is 153 cm³/mol. The standard InChI is InChI=1S/C34H33F3O3/c1-3-5-7-21-39-29-17-19-30(32(35)22-29)24-8-15-28(16-9-24)40-23-26-12-18-31(34(37)33(26)36)25-10-13-27(14-11-25)38-20-6-4-2/h3,8-19,22H,1,4-7,20-21,23H2,2H3. The van der Waals surface area contributed by atoms with E-state index in [9.17, 15) is 13.2 Å². The molecular formula is C34H33F3O3. The van der Waals surface area contributed by atoms with Gasteiger partial charge in [-0.05, 0) is 66.8 Å². The summed E-state index contributed by atoms with van der Waals surface area (Å²) < 4.78 is 61.4. The van der Waals surface area contributed by atoms with E-state index >= 15 is 0 Å².